The lowest BCUT2D eigenvalue weighted by Crippen LogP contribution is -2.30. The van der Waals surface area contributed by atoms with Crippen molar-refractivity contribution < 1.29 is 13.6 Å². The number of hydrogen-bond acceptors (Lipinski definition) is 2. The van der Waals surface area contributed by atoms with Gasteiger partial charge >= 0.3 is 0 Å². The van der Waals surface area contributed by atoms with Gasteiger partial charge in [0.1, 0.15) is 11.6 Å². The highest BCUT2D eigenvalue weighted by molar-refractivity contribution is 5.92. The molecule has 0 aromatic heterocycles. The Bertz CT molecular complexity index is 631. The van der Waals surface area contributed by atoms with Gasteiger partial charge in [-0.2, -0.15) is 0 Å². The molecule has 0 fully saturated rings. The smallest absolute Gasteiger partial charge is 0.238 e. The predicted octanol–water partition coefficient (Wildman–Crippen LogP) is 3.04. The molecule has 0 saturated heterocycles. The quantitative estimate of drug-likeness (QED) is 0.918. The summed E-state index contributed by atoms with van der Waals surface area (Å²) >= 11 is 0. The first-order valence-corrected chi connectivity index (χ1v) is 6.52. The zero-order chi connectivity index (χ0) is 15.2. The van der Waals surface area contributed by atoms with Gasteiger partial charge in [-0.1, -0.05) is 30.3 Å². The zero-order valence-electron chi connectivity index (χ0n) is 11.6. The summed E-state index contributed by atoms with van der Waals surface area (Å²) in [4.78, 5) is 13.5. The Morgan fingerprint density at radius 2 is 1.67 bits per heavy atom. The predicted molar refractivity (Wildman–Crippen MR) is 77.8 cm³/mol. The standard InChI is InChI=1S/C16H16F2N2O/c1-20(10-12-6-2-3-7-13(12)17)11-16(21)19-15-9-5-4-8-14(15)18/h2-9H,10-11H2,1H3,(H,19,21). The van der Waals surface area contributed by atoms with E-state index in [0.29, 0.717) is 12.1 Å². The number of likely N-dealkylation sites (N-methyl/N-ethyl adjacent to an activating group) is 1. The number of nitrogens with one attached hydrogen (secondary N) is 1. The lowest BCUT2D eigenvalue weighted by atomic mass is 10.2. The van der Waals surface area contributed by atoms with E-state index in [1.807, 2.05) is 0 Å². The number of hydrogen-bond donors (Lipinski definition) is 1. The van der Waals surface area contributed by atoms with Crippen molar-refractivity contribution in [3.8, 4) is 0 Å². The first-order valence-electron chi connectivity index (χ1n) is 6.52. The van der Waals surface area contributed by atoms with Crippen LogP contribution >= 0.6 is 0 Å². The van der Waals surface area contributed by atoms with Gasteiger partial charge in [0.25, 0.3) is 0 Å². The van der Waals surface area contributed by atoms with Crippen molar-refractivity contribution >= 4 is 11.6 Å². The van der Waals surface area contributed by atoms with E-state index in [1.165, 1.54) is 18.2 Å². The first-order chi connectivity index (χ1) is 10.1. The zero-order valence-corrected chi connectivity index (χ0v) is 11.6. The Balaban J connectivity index is 1.91. The molecule has 2 aromatic rings. The van der Waals surface area contributed by atoms with Crippen LogP contribution in [0.1, 0.15) is 5.56 Å². The minimum atomic E-state index is -0.484. The van der Waals surface area contributed by atoms with Crippen molar-refractivity contribution in [3.63, 3.8) is 0 Å². The highest BCUT2D eigenvalue weighted by Crippen LogP contribution is 2.13. The average Bonchev–Trinajstić information content (AvgIpc) is 2.44. The van der Waals surface area contributed by atoms with E-state index in [0.717, 1.165) is 0 Å². The van der Waals surface area contributed by atoms with Gasteiger partial charge in [-0.15, -0.1) is 0 Å². The molecule has 0 radical (unpaired) electrons. The molecule has 1 N–H and O–H groups in total. The van der Waals surface area contributed by atoms with Gasteiger partial charge in [0.05, 0.1) is 12.2 Å². The van der Waals surface area contributed by atoms with Gasteiger partial charge in [0.15, 0.2) is 0 Å². The fourth-order valence-corrected chi connectivity index (χ4v) is 1.97. The van der Waals surface area contributed by atoms with Crippen molar-refractivity contribution in [3.05, 3.63) is 65.7 Å². The maximum Gasteiger partial charge on any atom is 0.238 e. The summed E-state index contributed by atoms with van der Waals surface area (Å²) < 4.78 is 26.9. The average molecular weight is 290 g/mol. The number of carbonyl (C=O) groups is 1. The van der Waals surface area contributed by atoms with Gasteiger partial charge in [-0.05, 0) is 25.2 Å². The van der Waals surface area contributed by atoms with Crippen molar-refractivity contribution in [2.75, 3.05) is 18.9 Å². The highest BCUT2D eigenvalue weighted by atomic mass is 19.1. The fraction of sp³-hybridized carbons (Fsp3) is 0.188. The molecule has 0 heterocycles. The van der Waals surface area contributed by atoms with Crippen molar-refractivity contribution in [1.82, 2.24) is 4.90 Å². The van der Waals surface area contributed by atoms with Gasteiger partial charge in [-0.3, -0.25) is 9.69 Å². The topological polar surface area (TPSA) is 32.3 Å². The molecule has 1 amide bonds. The summed E-state index contributed by atoms with van der Waals surface area (Å²) in [6.45, 7) is 0.347. The van der Waals surface area contributed by atoms with Gasteiger partial charge in [0.2, 0.25) is 5.91 Å². The second-order valence-corrected chi connectivity index (χ2v) is 4.79. The minimum Gasteiger partial charge on any atom is -0.322 e. The molecule has 0 spiro atoms. The number of amides is 1. The van der Waals surface area contributed by atoms with Gasteiger partial charge < -0.3 is 5.32 Å². The van der Waals surface area contributed by atoms with Crippen LogP contribution in [0.4, 0.5) is 14.5 Å². The van der Waals surface area contributed by atoms with E-state index in [9.17, 15) is 13.6 Å². The van der Waals surface area contributed by atoms with Crippen LogP contribution in [0.3, 0.4) is 0 Å². The van der Waals surface area contributed by atoms with E-state index in [-0.39, 0.29) is 24.0 Å². The first kappa shape index (κ1) is 15.1. The normalized spacial score (nSPS) is 10.7. The Morgan fingerprint density at radius 3 is 2.33 bits per heavy atom. The molecular formula is C16H16F2N2O. The van der Waals surface area contributed by atoms with Gasteiger partial charge in [-0.25, -0.2) is 8.78 Å². The van der Waals surface area contributed by atoms with Crippen LogP contribution in [0.5, 0.6) is 0 Å². The molecule has 2 aromatic carbocycles. The number of benzene rings is 2. The molecule has 0 atom stereocenters. The molecule has 0 bridgehead atoms. The van der Waals surface area contributed by atoms with Crippen LogP contribution in [0.25, 0.3) is 0 Å². The van der Waals surface area contributed by atoms with Gasteiger partial charge in [0, 0.05) is 12.1 Å². The van der Waals surface area contributed by atoms with Crippen LogP contribution in [0, 0.1) is 11.6 Å². The summed E-state index contributed by atoms with van der Waals surface area (Å²) in [6.07, 6.45) is 0. The molecule has 5 heteroatoms. The Kier molecular flexibility index (Phi) is 5.00. The Hall–Kier alpha value is -2.27. The van der Waals surface area contributed by atoms with E-state index in [2.05, 4.69) is 5.32 Å². The molecule has 0 aliphatic rings. The molecule has 0 saturated carbocycles. The third-order valence-electron chi connectivity index (χ3n) is 2.96. The summed E-state index contributed by atoms with van der Waals surface area (Å²) in [5, 5.41) is 2.49. The van der Waals surface area contributed by atoms with Crippen LogP contribution < -0.4 is 5.32 Å². The molecule has 2 rings (SSSR count). The summed E-state index contributed by atoms with van der Waals surface area (Å²) in [7, 11) is 1.70. The lowest BCUT2D eigenvalue weighted by molar-refractivity contribution is -0.117. The van der Waals surface area contributed by atoms with E-state index in [4.69, 9.17) is 0 Å². The monoisotopic (exact) mass is 290 g/mol. The maximum atomic E-state index is 13.5. The highest BCUT2D eigenvalue weighted by Gasteiger charge is 2.11. The summed E-state index contributed by atoms with van der Waals surface area (Å²) in [5.41, 5.74) is 0.653. The Morgan fingerprint density at radius 1 is 1.05 bits per heavy atom. The number of carbonyl (C=O) groups excluding carboxylic acids is 1. The molecular weight excluding hydrogens is 274 g/mol. The van der Waals surface area contributed by atoms with Crippen LogP contribution in [0.2, 0.25) is 0 Å². The van der Waals surface area contributed by atoms with Crippen molar-refractivity contribution in [1.29, 1.82) is 0 Å². The Labute approximate surface area is 122 Å². The summed E-state index contributed by atoms with van der Waals surface area (Å²) in [6, 6.07) is 12.4. The van der Waals surface area contributed by atoms with Crippen molar-refractivity contribution in [2.45, 2.75) is 6.54 Å². The molecule has 110 valence electrons. The third-order valence-corrected chi connectivity index (χ3v) is 2.96. The number of anilines is 1. The van der Waals surface area contributed by atoms with E-state index >= 15 is 0 Å². The molecule has 0 aliphatic carbocycles. The van der Waals surface area contributed by atoms with E-state index in [1.54, 1.807) is 42.3 Å². The number of para-hydroxylation sites is 1. The second-order valence-electron chi connectivity index (χ2n) is 4.79. The van der Waals surface area contributed by atoms with Crippen LogP contribution in [-0.4, -0.2) is 24.4 Å². The number of nitrogens with zero attached hydrogens (tertiary/aromatic N) is 1. The second kappa shape index (κ2) is 6.95. The summed E-state index contributed by atoms with van der Waals surface area (Å²) in [5.74, 6) is -1.14. The molecule has 3 nitrogen and oxygen atoms in total. The maximum absolute atomic E-state index is 13.5. The van der Waals surface area contributed by atoms with Crippen LogP contribution in [-0.2, 0) is 11.3 Å². The molecule has 21 heavy (non-hydrogen) atoms. The molecule has 0 unspecified atom stereocenters. The third kappa shape index (κ3) is 4.36. The fourth-order valence-electron chi connectivity index (χ4n) is 1.97. The molecule has 0 aliphatic heterocycles. The number of rotatable bonds is 5. The van der Waals surface area contributed by atoms with Crippen LogP contribution in [0.15, 0.2) is 48.5 Å². The van der Waals surface area contributed by atoms with Crippen molar-refractivity contribution in [2.24, 2.45) is 0 Å². The lowest BCUT2D eigenvalue weighted by Gasteiger charge is -2.16. The largest absolute Gasteiger partial charge is 0.322 e. The minimum absolute atomic E-state index is 0.0443. The SMILES string of the molecule is CN(CC(=O)Nc1ccccc1F)Cc1ccccc1F. The number of halogens is 2. The van der Waals surface area contributed by atoms with E-state index < -0.39 is 5.82 Å².